The van der Waals surface area contributed by atoms with Crippen LogP contribution in [0.15, 0.2) is 24.3 Å². The lowest BCUT2D eigenvalue weighted by atomic mass is 9.73. The standard InChI is InChI=1S/C16H18N2O4/c19-12-4-5-13(20)17(12)10-16(8-2-1-3-9-16)11-18-14(21)6-7-15(18)22/h4-7H,1-3,8-11H2. The molecule has 6 heteroatoms. The maximum atomic E-state index is 11.8. The SMILES string of the molecule is O=C1C=CC(=O)N1CC1(CN2C(=O)C=CC2=O)CCCCC1. The summed E-state index contributed by atoms with van der Waals surface area (Å²) in [6, 6.07) is 0. The highest BCUT2D eigenvalue weighted by Crippen LogP contribution is 2.39. The molecule has 3 aliphatic rings. The largest absolute Gasteiger partial charge is 0.275 e. The number of nitrogens with zero attached hydrogens (tertiary/aromatic N) is 2. The van der Waals surface area contributed by atoms with Crippen LogP contribution >= 0.6 is 0 Å². The average molecular weight is 302 g/mol. The number of rotatable bonds is 4. The Labute approximate surface area is 128 Å². The molecule has 116 valence electrons. The van der Waals surface area contributed by atoms with Gasteiger partial charge in [-0.15, -0.1) is 0 Å². The fraction of sp³-hybridized carbons (Fsp3) is 0.500. The molecule has 0 radical (unpaired) electrons. The van der Waals surface area contributed by atoms with Gasteiger partial charge in [-0.05, 0) is 12.8 Å². The van der Waals surface area contributed by atoms with Crippen molar-refractivity contribution in [3.05, 3.63) is 24.3 Å². The van der Waals surface area contributed by atoms with E-state index in [4.69, 9.17) is 0 Å². The zero-order chi connectivity index (χ0) is 15.7. The monoisotopic (exact) mass is 302 g/mol. The Morgan fingerprint density at radius 2 is 1.05 bits per heavy atom. The van der Waals surface area contributed by atoms with E-state index in [1.807, 2.05) is 0 Å². The Morgan fingerprint density at radius 3 is 1.41 bits per heavy atom. The van der Waals surface area contributed by atoms with Crippen LogP contribution in [0.4, 0.5) is 0 Å². The van der Waals surface area contributed by atoms with E-state index in [0.29, 0.717) is 0 Å². The van der Waals surface area contributed by atoms with E-state index in [0.717, 1.165) is 32.1 Å². The summed E-state index contributed by atoms with van der Waals surface area (Å²) in [5, 5.41) is 0. The second kappa shape index (κ2) is 5.51. The number of carbonyl (C=O) groups is 4. The molecule has 1 saturated carbocycles. The highest BCUT2D eigenvalue weighted by atomic mass is 16.2. The third-order valence-electron chi connectivity index (χ3n) is 4.70. The molecule has 1 aliphatic carbocycles. The average Bonchev–Trinajstić information content (AvgIpc) is 2.98. The van der Waals surface area contributed by atoms with E-state index in [-0.39, 0.29) is 42.1 Å². The first kappa shape index (κ1) is 14.7. The first-order valence-electron chi connectivity index (χ1n) is 7.58. The van der Waals surface area contributed by atoms with Gasteiger partial charge in [-0.1, -0.05) is 19.3 Å². The Balaban J connectivity index is 1.79. The minimum Gasteiger partial charge on any atom is -0.275 e. The second-order valence-corrected chi connectivity index (χ2v) is 6.25. The van der Waals surface area contributed by atoms with E-state index >= 15 is 0 Å². The molecule has 3 rings (SSSR count). The van der Waals surface area contributed by atoms with E-state index in [1.54, 1.807) is 0 Å². The van der Waals surface area contributed by atoms with Crippen molar-refractivity contribution < 1.29 is 19.2 Å². The van der Waals surface area contributed by atoms with Gasteiger partial charge in [0.2, 0.25) is 0 Å². The van der Waals surface area contributed by atoms with Gasteiger partial charge in [0.1, 0.15) is 0 Å². The molecule has 0 saturated heterocycles. The fourth-order valence-corrected chi connectivity index (χ4v) is 3.51. The molecule has 2 heterocycles. The number of hydrogen-bond donors (Lipinski definition) is 0. The molecular formula is C16H18N2O4. The maximum Gasteiger partial charge on any atom is 0.253 e. The lowest BCUT2D eigenvalue weighted by molar-refractivity contribution is -0.141. The minimum atomic E-state index is -0.382. The molecule has 2 aliphatic heterocycles. The lowest BCUT2D eigenvalue weighted by Gasteiger charge is -2.41. The van der Waals surface area contributed by atoms with Crippen LogP contribution in [0, 0.1) is 5.41 Å². The minimum absolute atomic E-state index is 0.273. The van der Waals surface area contributed by atoms with Crippen LogP contribution in [0.1, 0.15) is 32.1 Å². The third kappa shape index (κ3) is 2.61. The normalized spacial score (nSPS) is 24.0. The van der Waals surface area contributed by atoms with Gasteiger partial charge in [0.05, 0.1) is 0 Å². The molecule has 6 nitrogen and oxygen atoms in total. The number of amides is 4. The predicted octanol–water partition coefficient (Wildman–Crippen LogP) is 0.787. The van der Waals surface area contributed by atoms with Crippen LogP contribution < -0.4 is 0 Å². The van der Waals surface area contributed by atoms with Gasteiger partial charge in [0.15, 0.2) is 0 Å². The van der Waals surface area contributed by atoms with Crippen LogP contribution in [-0.4, -0.2) is 46.5 Å². The molecular weight excluding hydrogens is 284 g/mol. The van der Waals surface area contributed by atoms with E-state index in [9.17, 15) is 19.2 Å². The highest BCUT2D eigenvalue weighted by molar-refractivity contribution is 6.13. The van der Waals surface area contributed by atoms with Gasteiger partial charge in [-0.3, -0.25) is 29.0 Å². The highest BCUT2D eigenvalue weighted by Gasteiger charge is 2.41. The molecule has 22 heavy (non-hydrogen) atoms. The zero-order valence-electron chi connectivity index (χ0n) is 12.3. The Bertz CT molecular complexity index is 517. The topological polar surface area (TPSA) is 74.8 Å². The number of carbonyl (C=O) groups excluding carboxylic acids is 4. The second-order valence-electron chi connectivity index (χ2n) is 6.25. The van der Waals surface area contributed by atoms with Crippen molar-refractivity contribution in [3.8, 4) is 0 Å². The molecule has 0 aromatic carbocycles. The van der Waals surface area contributed by atoms with E-state index in [2.05, 4.69) is 0 Å². The van der Waals surface area contributed by atoms with Gasteiger partial charge < -0.3 is 0 Å². The maximum absolute atomic E-state index is 11.8. The Kier molecular flexibility index (Phi) is 3.68. The van der Waals surface area contributed by atoms with Crippen LogP contribution in [0.5, 0.6) is 0 Å². The van der Waals surface area contributed by atoms with Gasteiger partial charge >= 0.3 is 0 Å². The molecule has 0 aromatic rings. The quantitative estimate of drug-likeness (QED) is 0.720. The molecule has 0 aromatic heterocycles. The van der Waals surface area contributed by atoms with E-state index in [1.165, 1.54) is 34.1 Å². The summed E-state index contributed by atoms with van der Waals surface area (Å²) in [6.45, 7) is 0.545. The zero-order valence-corrected chi connectivity index (χ0v) is 12.3. The molecule has 0 unspecified atom stereocenters. The Hall–Kier alpha value is -2.24. The Morgan fingerprint density at radius 1 is 0.682 bits per heavy atom. The summed E-state index contributed by atoms with van der Waals surface area (Å²) >= 11 is 0. The molecule has 0 spiro atoms. The van der Waals surface area contributed by atoms with Crippen molar-refractivity contribution in [2.75, 3.05) is 13.1 Å². The molecule has 0 bridgehead atoms. The van der Waals surface area contributed by atoms with Gasteiger partial charge in [0, 0.05) is 42.8 Å². The smallest absolute Gasteiger partial charge is 0.253 e. The molecule has 4 amide bonds. The van der Waals surface area contributed by atoms with Crippen molar-refractivity contribution in [1.29, 1.82) is 0 Å². The fourth-order valence-electron chi connectivity index (χ4n) is 3.51. The van der Waals surface area contributed by atoms with Crippen LogP contribution in [0.25, 0.3) is 0 Å². The number of hydrogen-bond acceptors (Lipinski definition) is 4. The molecule has 0 N–H and O–H groups in total. The molecule has 1 fully saturated rings. The third-order valence-corrected chi connectivity index (χ3v) is 4.70. The first-order chi connectivity index (χ1) is 10.5. The van der Waals surface area contributed by atoms with Crippen LogP contribution in [-0.2, 0) is 19.2 Å². The number of imide groups is 2. The molecule has 0 atom stereocenters. The van der Waals surface area contributed by atoms with Crippen molar-refractivity contribution >= 4 is 23.6 Å². The summed E-state index contributed by atoms with van der Waals surface area (Å²) in [5.74, 6) is -1.25. The van der Waals surface area contributed by atoms with Gasteiger partial charge in [0.25, 0.3) is 23.6 Å². The lowest BCUT2D eigenvalue weighted by Crippen LogP contribution is -2.49. The predicted molar refractivity (Wildman–Crippen MR) is 77.2 cm³/mol. The van der Waals surface area contributed by atoms with E-state index < -0.39 is 0 Å². The van der Waals surface area contributed by atoms with Crippen LogP contribution in [0.3, 0.4) is 0 Å². The van der Waals surface area contributed by atoms with Crippen molar-refractivity contribution in [3.63, 3.8) is 0 Å². The van der Waals surface area contributed by atoms with Crippen molar-refractivity contribution in [2.24, 2.45) is 5.41 Å². The van der Waals surface area contributed by atoms with Crippen molar-refractivity contribution in [1.82, 2.24) is 9.80 Å². The van der Waals surface area contributed by atoms with Crippen molar-refractivity contribution in [2.45, 2.75) is 32.1 Å². The summed E-state index contributed by atoms with van der Waals surface area (Å²) in [7, 11) is 0. The van der Waals surface area contributed by atoms with Gasteiger partial charge in [-0.25, -0.2) is 0 Å². The first-order valence-corrected chi connectivity index (χ1v) is 7.58. The summed E-state index contributed by atoms with van der Waals surface area (Å²) < 4.78 is 0. The van der Waals surface area contributed by atoms with Gasteiger partial charge in [-0.2, -0.15) is 0 Å². The summed E-state index contributed by atoms with van der Waals surface area (Å²) in [4.78, 5) is 49.8. The summed E-state index contributed by atoms with van der Waals surface area (Å²) in [5.41, 5.74) is -0.382. The summed E-state index contributed by atoms with van der Waals surface area (Å²) in [6.07, 6.45) is 9.75. The van der Waals surface area contributed by atoms with Crippen LogP contribution in [0.2, 0.25) is 0 Å².